The Balaban J connectivity index is 2.67. The molecule has 2 rings (SSSR count). The molecule has 0 fully saturated rings. The molecule has 0 saturated carbocycles. The molecule has 0 unspecified atom stereocenters. The number of nitrogen functional groups attached to an aromatic ring is 1. The lowest BCUT2D eigenvalue weighted by molar-refractivity contribution is 0.0596. The number of anilines is 1. The van der Waals surface area contributed by atoms with Gasteiger partial charge in [0, 0.05) is 10.9 Å². The highest BCUT2D eigenvalue weighted by Gasteiger charge is 2.21. The summed E-state index contributed by atoms with van der Waals surface area (Å²) in [5, 5.41) is 0. The second-order valence-corrected chi connectivity index (χ2v) is 5.29. The number of nitrogens with zero attached hydrogens (tertiary/aromatic N) is 2. The minimum absolute atomic E-state index is 0.159. The predicted molar refractivity (Wildman–Crippen MR) is 81.1 cm³/mol. The first kappa shape index (κ1) is 14.6. The standard InChI is InChI=1S/C14H16BrN3O2/c1-4-11-17-12(14(19)20-3)13(16)18(11)10-6-5-9(15)7-8(10)2/h5-7H,4,16H2,1-3H3. The highest BCUT2D eigenvalue weighted by atomic mass is 79.9. The quantitative estimate of drug-likeness (QED) is 0.874. The van der Waals surface area contributed by atoms with Gasteiger partial charge in [-0.2, -0.15) is 0 Å². The fraction of sp³-hybridized carbons (Fsp3) is 0.286. The number of halogens is 1. The first-order valence-electron chi connectivity index (χ1n) is 6.21. The molecule has 0 saturated heterocycles. The van der Waals surface area contributed by atoms with Crippen LogP contribution in [-0.2, 0) is 11.2 Å². The summed E-state index contributed by atoms with van der Waals surface area (Å²) in [6, 6.07) is 5.86. The molecule has 2 N–H and O–H groups in total. The van der Waals surface area contributed by atoms with Crippen LogP contribution in [0.15, 0.2) is 22.7 Å². The van der Waals surface area contributed by atoms with Gasteiger partial charge in [0.05, 0.1) is 12.8 Å². The fourth-order valence-electron chi connectivity index (χ4n) is 2.10. The molecule has 0 radical (unpaired) electrons. The van der Waals surface area contributed by atoms with Gasteiger partial charge in [-0.15, -0.1) is 0 Å². The van der Waals surface area contributed by atoms with E-state index in [-0.39, 0.29) is 5.69 Å². The zero-order valence-electron chi connectivity index (χ0n) is 11.6. The molecule has 106 valence electrons. The average molecular weight is 338 g/mol. The van der Waals surface area contributed by atoms with Gasteiger partial charge in [0.15, 0.2) is 5.69 Å². The number of aromatic nitrogens is 2. The minimum atomic E-state index is -0.522. The van der Waals surface area contributed by atoms with Gasteiger partial charge in [-0.25, -0.2) is 9.78 Å². The molecule has 1 heterocycles. The fourth-order valence-corrected chi connectivity index (χ4v) is 2.58. The number of aryl methyl sites for hydroxylation is 2. The largest absolute Gasteiger partial charge is 0.464 e. The Bertz CT molecular complexity index is 665. The summed E-state index contributed by atoms with van der Waals surface area (Å²) in [5.41, 5.74) is 8.19. The maximum atomic E-state index is 11.7. The van der Waals surface area contributed by atoms with E-state index in [1.54, 1.807) is 4.57 Å². The summed E-state index contributed by atoms with van der Waals surface area (Å²) < 4.78 is 7.50. The van der Waals surface area contributed by atoms with Gasteiger partial charge in [-0.3, -0.25) is 4.57 Å². The lowest BCUT2D eigenvalue weighted by atomic mass is 10.2. The van der Waals surface area contributed by atoms with Crippen molar-refractivity contribution in [3.63, 3.8) is 0 Å². The lowest BCUT2D eigenvalue weighted by Gasteiger charge is -2.12. The number of ether oxygens (including phenoxy) is 1. The van der Waals surface area contributed by atoms with Crippen molar-refractivity contribution in [2.75, 3.05) is 12.8 Å². The molecule has 5 nitrogen and oxygen atoms in total. The van der Waals surface area contributed by atoms with Crippen LogP contribution in [0.4, 0.5) is 5.82 Å². The smallest absolute Gasteiger partial charge is 0.360 e. The summed E-state index contributed by atoms with van der Waals surface area (Å²) in [6.07, 6.45) is 0.663. The predicted octanol–water partition coefficient (Wildman–Crippen LogP) is 2.87. The molecule has 0 bridgehead atoms. The van der Waals surface area contributed by atoms with Crippen LogP contribution in [0.25, 0.3) is 5.69 Å². The SMILES string of the molecule is CCc1nc(C(=O)OC)c(N)n1-c1ccc(Br)cc1C. The molecule has 0 spiro atoms. The van der Waals surface area contributed by atoms with E-state index in [1.165, 1.54) is 7.11 Å². The van der Waals surface area contributed by atoms with Crippen LogP contribution in [0, 0.1) is 6.92 Å². The number of nitrogens with two attached hydrogens (primary N) is 1. The molecule has 1 aromatic heterocycles. The van der Waals surface area contributed by atoms with E-state index in [9.17, 15) is 4.79 Å². The molecular formula is C14H16BrN3O2. The van der Waals surface area contributed by atoms with Crippen molar-refractivity contribution in [1.82, 2.24) is 9.55 Å². The Hall–Kier alpha value is -1.82. The van der Waals surface area contributed by atoms with E-state index >= 15 is 0 Å². The number of hydrogen-bond donors (Lipinski definition) is 1. The number of hydrogen-bond acceptors (Lipinski definition) is 4. The summed E-state index contributed by atoms with van der Waals surface area (Å²) >= 11 is 3.43. The van der Waals surface area contributed by atoms with E-state index in [0.717, 1.165) is 21.5 Å². The van der Waals surface area contributed by atoms with Crippen molar-refractivity contribution in [1.29, 1.82) is 0 Å². The molecule has 0 amide bonds. The van der Waals surface area contributed by atoms with E-state index in [4.69, 9.17) is 10.5 Å². The summed E-state index contributed by atoms with van der Waals surface area (Å²) in [6.45, 7) is 3.95. The van der Waals surface area contributed by atoms with Crippen LogP contribution in [0.5, 0.6) is 0 Å². The van der Waals surface area contributed by atoms with E-state index in [0.29, 0.717) is 12.2 Å². The van der Waals surface area contributed by atoms with E-state index in [2.05, 4.69) is 20.9 Å². The number of imidazole rings is 1. The third-order valence-electron chi connectivity index (χ3n) is 3.08. The van der Waals surface area contributed by atoms with Crippen molar-refractivity contribution in [2.24, 2.45) is 0 Å². The topological polar surface area (TPSA) is 70.1 Å². The Morgan fingerprint density at radius 2 is 2.20 bits per heavy atom. The van der Waals surface area contributed by atoms with Gasteiger partial charge in [0.1, 0.15) is 11.6 Å². The number of carbonyl (C=O) groups is 1. The summed E-state index contributed by atoms with van der Waals surface area (Å²) in [4.78, 5) is 16.0. The third-order valence-corrected chi connectivity index (χ3v) is 3.57. The Kier molecular flexibility index (Phi) is 4.13. The molecule has 2 aromatic rings. The van der Waals surface area contributed by atoms with Crippen LogP contribution in [0.2, 0.25) is 0 Å². The van der Waals surface area contributed by atoms with E-state index in [1.807, 2.05) is 32.0 Å². The molecular weight excluding hydrogens is 322 g/mol. The van der Waals surface area contributed by atoms with Gasteiger partial charge in [-0.1, -0.05) is 22.9 Å². The van der Waals surface area contributed by atoms with Gasteiger partial charge in [-0.05, 0) is 30.7 Å². The molecule has 0 aliphatic rings. The number of esters is 1. The molecule has 20 heavy (non-hydrogen) atoms. The first-order valence-corrected chi connectivity index (χ1v) is 7.00. The van der Waals surface area contributed by atoms with Crippen molar-refractivity contribution in [3.8, 4) is 5.69 Å². The monoisotopic (exact) mass is 337 g/mol. The molecule has 0 atom stereocenters. The highest BCUT2D eigenvalue weighted by Crippen LogP contribution is 2.26. The Morgan fingerprint density at radius 1 is 1.50 bits per heavy atom. The first-order chi connectivity index (χ1) is 9.49. The normalized spacial score (nSPS) is 10.6. The maximum absolute atomic E-state index is 11.7. The third kappa shape index (κ3) is 2.43. The second-order valence-electron chi connectivity index (χ2n) is 4.37. The van der Waals surface area contributed by atoms with Crippen molar-refractivity contribution < 1.29 is 9.53 Å². The van der Waals surface area contributed by atoms with Crippen LogP contribution >= 0.6 is 15.9 Å². The Morgan fingerprint density at radius 3 is 2.75 bits per heavy atom. The van der Waals surface area contributed by atoms with Crippen molar-refractivity contribution in [2.45, 2.75) is 20.3 Å². The van der Waals surface area contributed by atoms with Gasteiger partial charge in [0.2, 0.25) is 0 Å². The van der Waals surface area contributed by atoms with Gasteiger partial charge in [0.25, 0.3) is 0 Å². The molecule has 6 heteroatoms. The van der Waals surface area contributed by atoms with Crippen LogP contribution < -0.4 is 5.73 Å². The lowest BCUT2D eigenvalue weighted by Crippen LogP contribution is -2.08. The van der Waals surface area contributed by atoms with Crippen LogP contribution in [0.1, 0.15) is 28.8 Å². The molecule has 0 aliphatic heterocycles. The average Bonchev–Trinajstić information content (AvgIpc) is 2.75. The van der Waals surface area contributed by atoms with Crippen LogP contribution in [-0.4, -0.2) is 22.6 Å². The zero-order chi connectivity index (χ0) is 14.9. The number of rotatable bonds is 3. The number of carbonyl (C=O) groups excluding carboxylic acids is 1. The highest BCUT2D eigenvalue weighted by molar-refractivity contribution is 9.10. The van der Waals surface area contributed by atoms with Crippen molar-refractivity contribution in [3.05, 3.63) is 39.8 Å². The maximum Gasteiger partial charge on any atom is 0.360 e. The van der Waals surface area contributed by atoms with Gasteiger partial charge >= 0.3 is 5.97 Å². The van der Waals surface area contributed by atoms with Crippen molar-refractivity contribution >= 4 is 27.7 Å². The van der Waals surface area contributed by atoms with E-state index < -0.39 is 5.97 Å². The second kappa shape index (κ2) is 5.66. The minimum Gasteiger partial charge on any atom is -0.464 e. The summed E-state index contributed by atoms with van der Waals surface area (Å²) in [5.74, 6) is 0.512. The van der Waals surface area contributed by atoms with Gasteiger partial charge < -0.3 is 10.5 Å². The summed E-state index contributed by atoms with van der Waals surface area (Å²) in [7, 11) is 1.32. The molecule has 0 aliphatic carbocycles. The molecule has 1 aromatic carbocycles. The number of benzene rings is 1. The van der Waals surface area contributed by atoms with Crippen LogP contribution in [0.3, 0.4) is 0 Å². The number of methoxy groups -OCH3 is 1. The zero-order valence-corrected chi connectivity index (χ0v) is 13.2. The Labute approximate surface area is 125 Å².